The van der Waals surface area contributed by atoms with E-state index in [0.29, 0.717) is 34.6 Å². The average molecular weight is 360 g/mol. The van der Waals surface area contributed by atoms with E-state index in [1.54, 1.807) is 13.2 Å². The molecule has 3 rings (SSSR count). The molecule has 3 aromatic rings. The smallest absolute Gasteiger partial charge is 0.341 e. The van der Waals surface area contributed by atoms with E-state index in [2.05, 4.69) is 10.2 Å². The van der Waals surface area contributed by atoms with Gasteiger partial charge in [-0.2, -0.15) is 0 Å². The molecule has 0 radical (unpaired) electrons. The molecular formula is C17H16N2O5S. The molecule has 25 heavy (non-hydrogen) atoms. The topological polar surface area (TPSA) is 87.6 Å². The molecule has 7 nitrogen and oxygen atoms in total. The molecule has 0 amide bonds. The van der Waals surface area contributed by atoms with Crippen LogP contribution in [0.15, 0.2) is 50.7 Å². The van der Waals surface area contributed by atoms with Gasteiger partial charge in [0.1, 0.15) is 17.1 Å². The summed E-state index contributed by atoms with van der Waals surface area (Å²) < 4.78 is 20.8. The van der Waals surface area contributed by atoms with Crippen molar-refractivity contribution < 1.29 is 23.1 Å². The maximum Gasteiger partial charge on any atom is 0.341 e. The Morgan fingerprint density at radius 2 is 1.96 bits per heavy atom. The third-order valence-electron chi connectivity index (χ3n) is 3.44. The standard InChI is InChI=1S/C17H16N2O5S/c1-21-12-5-3-11(4-6-12)9-15-18-19-17(24-15)25-10-14-13(7-8-23-14)16(20)22-2/h3-8H,9-10H2,1-2H3. The minimum absolute atomic E-state index is 0.390. The zero-order valence-corrected chi connectivity index (χ0v) is 14.5. The van der Waals surface area contributed by atoms with E-state index in [4.69, 9.17) is 18.3 Å². The lowest BCUT2D eigenvalue weighted by molar-refractivity contribution is 0.0598. The van der Waals surface area contributed by atoms with Crippen molar-refractivity contribution in [3.05, 3.63) is 59.4 Å². The van der Waals surface area contributed by atoms with E-state index in [9.17, 15) is 4.79 Å². The molecule has 0 fully saturated rings. The van der Waals surface area contributed by atoms with Gasteiger partial charge in [0.25, 0.3) is 5.22 Å². The molecule has 0 atom stereocenters. The third kappa shape index (κ3) is 4.21. The quantitative estimate of drug-likeness (QED) is 0.468. The first-order valence-corrected chi connectivity index (χ1v) is 8.41. The predicted molar refractivity (Wildman–Crippen MR) is 89.7 cm³/mol. The summed E-state index contributed by atoms with van der Waals surface area (Å²) in [6.45, 7) is 0. The first-order valence-electron chi connectivity index (χ1n) is 7.42. The Bertz CT molecular complexity index is 841. The summed E-state index contributed by atoms with van der Waals surface area (Å²) in [5.41, 5.74) is 1.44. The molecule has 0 aliphatic rings. The maximum absolute atomic E-state index is 11.6. The maximum atomic E-state index is 11.6. The van der Waals surface area contributed by atoms with Crippen molar-refractivity contribution in [2.45, 2.75) is 17.4 Å². The molecule has 8 heteroatoms. The van der Waals surface area contributed by atoms with Crippen LogP contribution in [-0.2, 0) is 16.9 Å². The van der Waals surface area contributed by atoms with E-state index in [1.165, 1.54) is 25.1 Å². The molecule has 130 valence electrons. The summed E-state index contributed by atoms with van der Waals surface area (Å²) in [6, 6.07) is 9.23. The molecule has 0 bridgehead atoms. The molecule has 0 unspecified atom stereocenters. The van der Waals surface area contributed by atoms with E-state index in [-0.39, 0.29) is 0 Å². The number of hydrogen-bond acceptors (Lipinski definition) is 8. The second-order valence-corrected chi connectivity index (χ2v) is 5.95. The normalized spacial score (nSPS) is 10.6. The van der Waals surface area contributed by atoms with Crippen LogP contribution in [0.25, 0.3) is 0 Å². The van der Waals surface area contributed by atoms with Gasteiger partial charge in [-0.15, -0.1) is 10.2 Å². The molecule has 0 saturated carbocycles. The van der Waals surface area contributed by atoms with Crippen molar-refractivity contribution in [3.8, 4) is 5.75 Å². The van der Waals surface area contributed by atoms with Gasteiger partial charge >= 0.3 is 5.97 Å². The predicted octanol–water partition coefficient (Wildman–Crippen LogP) is 3.34. The van der Waals surface area contributed by atoms with Crippen molar-refractivity contribution in [2.75, 3.05) is 14.2 Å². The Balaban J connectivity index is 1.60. The monoisotopic (exact) mass is 360 g/mol. The first-order chi connectivity index (χ1) is 12.2. The van der Waals surface area contributed by atoms with Crippen LogP contribution in [0.4, 0.5) is 0 Å². The fourth-order valence-electron chi connectivity index (χ4n) is 2.16. The number of benzene rings is 1. The summed E-state index contributed by atoms with van der Waals surface area (Å²) in [5.74, 6) is 1.77. The number of furan rings is 1. The molecule has 0 aliphatic carbocycles. The highest BCUT2D eigenvalue weighted by molar-refractivity contribution is 7.98. The highest BCUT2D eigenvalue weighted by Gasteiger charge is 2.16. The lowest BCUT2D eigenvalue weighted by Crippen LogP contribution is -2.02. The number of hydrogen-bond donors (Lipinski definition) is 0. The fraction of sp³-hybridized carbons (Fsp3) is 0.235. The van der Waals surface area contributed by atoms with Crippen LogP contribution < -0.4 is 4.74 Å². The van der Waals surface area contributed by atoms with Gasteiger partial charge in [0, 0.05) is 0 Å². The number of rotatable bonds is 7. The van der Waals surface area contributed by atoms with Crippen LogP contribution in [-0.4, -0.2) is 30.4 Å². The lowest BCUT2D eigenvalue weighted by Gasteiger charge is -2.00. The van der Waals surface area contributed by atoms with Crippen molar-refractivity contribution in [2.24, 2.45) is 0 Å². The number of nitrogens with zero attached hydrogens (tertiary/aromatic N) is 2. The molecule has 0 saturated heterocycles. The van der Waals surface area contributed by atoms with Crippen molar-refractivity contribution in [1.82, 2.24) is 10.2 Å². The van der Waals surface area contributed by atoms with Crippen LogP contribution in [0.2, 0.25) is 0 Å². The van der Waals surface area contributed by atoms with Crippen LogP contribution in [0.1, 0.15) is 27.6 Å². The van der Waals surface area contributed by atoms with Gasteiger partial charge in [-0.3, -0.25) is 0 Å². The largest absolute Gasteiger partial charge is 0.497 e. The van der Waals surface area contributed by atoms with E-state index < -0.39 is 5.97 Å². The van der Waals surface area contributed by atoms with Gasteiger partial charge in [0.15, 0.2) is 0 Å². The van der Waals surface area contributed by atoms with E-state index >= 15 is 0 Å². The zero-order chi connectivity index (χ0) is 17.6. The lowest BCUT2D eigenvalue weighted by atomic mass is 10.1. The Labute approximate surface area is 148 Å². The number of methoxy groups -OCH3 is 2. The zero-order valence-electron chi connectivity index (χ0n) is 13.7. The molecule has 0 aliphatic heterocycles. The number of esters is 1. The van der Waals surface area contributed by atoms with Gasteiger partial charge in [0.05, 0.1) is 32.7 Å². The highest BCUT2D eigenvalue weighted by atomic mass is 32.2. The molecule has 0 N–H and O–H groups in total. The van der Waals surface area contributed by atoms with Crippen LogP contribution in [0.5, 0.6) is 5.75 Å². The first kappa shape index (κ1) is 17.1. The number of carbonyl (C=O) groups is 1. The SMILES string of the molecule is COC(=O)c1ccoc1CSc1nnc(Cc2ccc(OC)cc2)o1. The number of thioether (sulfide) groups is 1. The highest BCUT2D eigenvalue weighted by Crippen LogP contribution is 2.25. The van der Waals surface area contributed by atoms with Crippen molar-refractivity contribution in [1.29, 1.82) is 0 Å². The Hall–Kier alpha value is -2.74. The summed E-state index contributed by atoms with van der Waals surface area (Å²) in [4.78, 5) is 11.6. The van der Waals surface area contributed by atoms with Gasteiger partial charge < -0.3 is 18.3 Å². The summed E-state index contributed by atoms with van der Waals surface area (Å²) in [5, 5.41) is 8.45. The summed E-state index contributed by atoms with van der Waals surface area (Å²) in [7, 11) is 2.96. The van der Waals surface area contributed by atoms with Gasteiger partial charge in [-0.1, -0.05) is 23.9 Å². The molecule has 0 spiro atoms. The Morgan fingerprint density at radius 1 is 1.16 bits per heavy atom. The van der Waals surface area contributed by atoms with Crippen LogP contribution in [0, 0.1) is 0 Å². The van der Waals surface area contributed by atoms with Gasteiger partial charge in [-0.05, 0) is 23.8 Å². The van der Waals surface area contributed by atoms with Crippen molar-refractivity contribution >= 4 is 17.7 Å². The third-order valence-corrected chi connectivity index (χ3v) is 4.26. The number of carbonyl (C=O) groups excluding carboxylic acids is 1. The average Bonchev–Trinajstić information content (AvgIpc) is 3.29. The van der Waals surface area contributed by atoms with Gasteiger partial charge in [0.2, 0.25) is 5.89 Å². The molecule has 1 aromatic carbocycles. The van der Waals surface area contributed by atoms with E-state index in [1.807, 2.05) is 24.3 Å². The second-order valence-electron chi connectivity index (χ2n) is 5.02. The molecular weight excluding hydrogens is 344 g/mol. The Morgan fingerprint density at radius 3 is 2.68 bits per heavy atom. The Kier molecular flexibility index (Phi) is 5.39. The van der Waals surface area contributed by atoms with Gasteiger partial charge in [-0.25, -0.2) is 4.79 Å². The van der Waals surface area contributed by atoms with E-state index in [0.717, 1.165) is 11.3 Å². The van der Waals surface area contributed by atoms with Crippen LogP contribution in [0.3, 0.4) is 0 Å². The molecule has 2 aromatic heterocycles. The summed E-state index contributed by atoms with van der Waals surface area (Å²) >= 11 is 1.30. The second kappa shape index (κ2) is 7.89. The minimum atomic E-state index is -0.435. The number of aromatic nitrogens is 2. The number of ether oxygens (including phenoxy) is 2. The fourth-order valence-corrected chi connectivity index (χ4v) is 2.89. The summed E-state index contributed by atoms with van der Waals surface area (Å²) in [6.07, 6.45) is 1.98. The molecule has 2 heterocycles. The van der Waals surface area contributed by atoms with Crippen LogP contribution >= 0.6 is 11.8 Å². The minimum Gasteiger partial charge on any atom is -0.497 e. The van der Waals surface area contributed by atoms with Crippen molar-refractivity contribution in [3.63, 3.8) is 0 Å².